The summed E-state index contributed by atoms with van der Waals surface area (Å²) in [5.74, 6) is -1.68. The van der Waals surface area contributed by atoms with E-state index in [9.17, 15) is 31.2 Å². The van der Waals surface area contributed by atoms with E-state index in [4.69, 9.17) is 11.6 Å². The van der Waals surface area contributed by atoms with Crippen LogP contribution in [0.2, 0.25) is 5.02 Å². The van der Waals surface area contributed by atoms with Crippen LogP contribution < -0.4 is 4.72 Å². The summed E-state index contributed by atoms with van der Waals surface area (Å²) in [6, 6.07) is 7.20. The van der Waals surface area contributed by atoms with Crippen molar-refractivity contribution in [3.63, 3.8) is 0 Å². The number of aryl methyl sites for hydroxylation is 1. The molecule has 1 aliphatic heterocycles. The molecular formula is C19H17ClF3N3O4S. The number of sulfonamides is 1. The van der Waals surface area contributed by atoms with E-state index >= 15 is 0 Å². The van der Waals surface area contributed by atoms with E-state index in [-0.39, 0.29) is 34.1 Å². The zero-order chi connectivity index (χ0) is 23.2. The van der Waals surface area contributed by atoms with Gasteiger partial charge >= 0.3 is 6.18 Å². The molecule has 3 rings (SSSR count). The molecule has 0 aliphatic carbocycles. The molecule has 1 aromatic carbocycles. The number of nitrogens with one attached hydrogen (secondary N) is 1. The van der Waals surface area contributed by atoms with Crippen LogP contribution in [0.15, 0.2) is 41.3 Å². The molecule has 2 aromatic rings. The Morgan fingerprint density at radius 2 is 1.84 bits per heavy atom. The lowest BCUT2D eigenvalue weighted by Crippen LogP contribution is -2.67. The molecule has 1 atom stereocenters. The zero-order valence-corrected chi connectivity index (χ0v) is 17.9. The van der Waals surface area contributed by atoms with Gasteiger partial charge in [0.25, 0.3) is 21.8 Å². The van der Waals surface area contributed by atoms with E-state index in [0.717, 1.165) is 11.0 Å². The highest BCUT2D eigenvalue weighted by Crippen LogP contribution is 2.34. The predicted octanol–water partition coefficient (Wildman–Crippen LogP) is 3.17. The largest absolute Gasteiger partial charge is 0.433 e. The first-order chi connectivity index (χ1) is 14.3. The zero-order valence-electron chi connectivity index (χ0n) is 16.3. The molecule has 0 bridgehead atoms. The highest BCUT2D eigenvalue weighted by atomic mass is 35.5. The fourth-order valence-electron chi connectivity index (χ4n) is 3.16. The first-order valence-corrected chi connectivity index (χ1v) is 10.8. The van der Waals surface area contributed by atoms with Gasteiger partial charge in [-0.05, 0) is 44.5 Å². The number of likely N-dealkylation sites (tertiary alicyclic amines) is 1. The molecule has 1 saturated heterocycles. The Morgan fingerprint density at radius 1 is 1.19 bits per heavy atom. The summed E-state index contributed by atoms with van der Waals surface area (Å²) >= 11 is 5.89. The number of carbonyl (C=O) groups excluding carboxylic acids is 2. The quantitative estimate of drug-likeness (QED) is 0.732. The average Bonchev–Trinajstić information content (AvgIpc) is 2.65. The fourth-order valence-corrected chi connectivity index (χ4v) is 4.76. The van der Waals surface area contributed by atoms with Gasteiger partial charge in [0.2, 0.25) is 0 Å². The molecule has 7 nitrogen and oxygen atoms in total. The van der Waals surface area contributed by atoms with Gasteiger partial charge in [0.05, 0.1) is 16.3 Å². The predicted molar refractivity (Wildman–Crippen MR) is 105 cm³/mol. The summed E-state index contributed by atoms with van der Waals surface area (Å²) in [5, 5.41) is -0.0825. The van der Waals surface area contributed by atoms with Crippen molar-refractivity contribution in [3.8, 4) is 0 Å². The maximum absolute atomic E-state index is 12.9. The second-order valence-corrected chi connectivity index (χ2v) is 9.23. The number of rotatable bonds is 4. The summed E-state index contributed by atoms with van der Waals surface area (Å²) < 4.78 is 65.5. The summed E-state index contributed by atoms with van der Waals surface area (Å²) in [7, 11) is -4.30. The SMILES string of the molecule is Cc1nc(C(F)(F)F)ccc1C(=O)N1CCC1(C)C(=O)NS(=O)(=O)c1ccccc1Cl. The molecule has 2 heterocycles. The first-order valence-electron chi connectivity index (χ1n) is 8.96. The molecule has 166 valence electrons. The van der Waals surface area contributed by atoms with Crippen LogP contribution in [-0.4, -0.2) is 42.2 Å². The van der Waals surface area contributed by atoms with Gasteiger partial charge in [-0.1, -0.05) is 23.7 Å². The Kier molecular flexibility index (Phi) is 5.78. The Hall–Kier alpha value is -2.66. The van der Waals surface area contributed by atoms with Gasteiger partial charge in [-0.25, -0.2) is 18.1 Å². The van der Waals surface area contributed by atoms with Crippen LogP contribution in [0.25, 0.3) is 0 Å². The van der Waals surface area contributed by atoms with E-state index in [0.29, 0.717) is 6.07 Å². The van der Waals surface area contributed by atoms with Gasteiger partial charge in [0.15, 0.2) is 0 Å². The Labute approximate surface area is 181 Å². The molecule has 1 N–H and O–H groups in total. The number of hydrogen-bond acceptors (Lipinski definition) is 5. The molecule has 1 unspecified atom stereocenters. The number of carbonyl (C=O) groups is 2. The van der Waals surface area contributed by atoms with Crippen molar-refractivity contribution in [3.05, 3.63) is 58.4 Å². The van der Waals surface area contributed by atoms with Crippen molar-refractivity contribution in [1.82, 2.24) is 14.6 Å². The van der Waals surface area contributed by atoms with Crippen molar-refractivity contribution in [2.45, 2.75) is 36.9 Å². The van der Waals surface area contributed by atoms with Crippen LogP contribution in [0.5, 0.6) is 0 Å². The lowest BCUT2D eigenvalue weighted by atomic mass is 9.85. The van der Waals surface area contributed by atoms with Crippen LogP contribution in [0, 0.1) is 6.92 Å². The van der Waals surface area contributed by atoms with E-state index in [1.54, 1.807) is 0 Å². The number of halogens is 4. The van der Waals surface area contributed by atoms with Crippen molar-refractivity contribution < 1.29 is 31.2 Å². The minimum atomic E-state index is -4.66. The molecule has 12 heteroatoms. The Balaban J connectivity index is 1.83. The number of pyridine rings is 1. The number of nitrogens with zero attached hydrogens (tertiary/aromatic N) is 2. The summed E-state index contributed by atoms with van der Waals surface area (Å²) in [6.07, 6.45) is -4.50. The van der Waals surface area contributed by atoms with Gasteiger partial charge in [0, 0.05) is 6.54 Å². The lowest BCUT2D eigenvalue weighted by Gasteiger charge is -2.48. The average molecular weight is 476 g/mol. The Bertz CT molecular complexity index is 1170. The van der Waals surface area contributed by atoms with Crippen LogP contribution in [-0.2, 0) is 21.0 Å². The van der Waals surface area contributed by atoms with Crippen LogP contribution >= 0.6 is 11.6 Å². The number of benzene rings is 1. The molecule has 1 aliphatic rings. The van der Waals surface area contributed by atoms with Gasteiger partial charge in [0.1, 0.15) is 16.1 Å². The molecule has 2 amide bonds. The highest BCUT2D eigenvalue weighted by molar-refractivity contribution is 7.90. The molecule has 0 spiro atoms. The normalized spacial score (nSPS) is 19.0. The topological polar surface area (TPSA) is 96.4 Å². The third-order valence-corrected chi connectivity index (χ3v) is 6.94. The van der Waals surface area contributed by atoms with Gasteiger partial charge in [-0.15, -0.1) is 0 Å². The van der Waals surface area contributed by atoms with E-state index in [2.05, 4.69) is 4.98 Å². The molecule has 0 saturated carbocycles. The maximum atomic E-state index is 12.9. The Morgan fingerprint density at radius 3 is 2.35 bits per heavy atom. The third-order valence-electron chi connectivity index (χ3n) is 5.11. The smallest absolute Gasteiger partial charge is 0.324 e. The summed E-state index contributed by atoms with van der Waals surface area (Å²) in [6.45, 7) is 2.75. The molecular weight excluding hydrogens is 459 g/mol. The maximum Gasteiger partial charge on any atom is 0.433 e. The summed E-state index contributed by atoms with van der Waals surface area (Å²) in [5.41, 5.74) is -2.92. The highest BCUT2D eigenvalue weighted by Gasteiger charge is 2.51. The molecule has 0 radical (unpaired) electrons. The van der Waals surface area contributed by atoms with Crippen molar-refractivity contribution in [2.24, 2.45) is 0 Å². The number of aromatic nitrogens is 1. The van der Waals surface area contributed by atoms with Crippen LogP contribution in [0.4, 0.5) is 13.2 Å². The summed E-state index contributed by atoms with van der Waals surface area (Å²) in [4.78, 5) is 29.9. The molecule has 31 heavy (non-hydrogen) atoms. The first kappa shape index (κ1) is 23.0. The van der Waals surface area contributed by atoms with E-state index < -0.39 is 39.2 Å². The van der Waals surface area contributed by atoms with Gasteiger partial charge in [-0.3, -0.25) is 9.59 Å². The molecule has 1 aromatic heterocycles. The van der Waals surface area contributed by atoms with Gasteiger partial charge < -0.3 is 4.90 Å². The second kappa shape index (κ2) is 7.79. The standard InChI is InChI=1S/C19H17ClF3N3O4S/c1-11-12(7-8-15(24-11)19(21,22)23)16(27)26-10-9-18(26,2)17(28)25-31(29,30)14-6-4-3-5-13(14)20/h3-8H,9-10H2,1-2H3,(H,25,28). The van der Waals surface area contributed by atoms with E-state index in [1.807, 2.05) is 4.72 Å². The van der Waals surface area contributed by atoms with Crippen LogP contribution in [0.1, 0.15) is 35.1 Å². The number of alkyl halides is 3. The van der Waals surface area contributed by atoms with Gasteiger partial charge in [-0.2, -0.15) is 13.2 Å². The fraction of sp³-hybridized carbons (Fsp3) is 0.316. The lowest BCUT2D eigenvalue weighted by molar-refractivity contribution is -0.141. The molecule has 1 fully saturated rings. The van der Waals surface area contributed by atoms with Crippen LogP contribution in [0.3, 0.4) is 0 Å². The van der Waals surface area contributed by atoms with Crippen molar-refractivity contribution in [1.29, 1.82) is 0 Å². The minimum Gasteiger partial charge on any atom is -0.324 e. The number of hydrogen-bond donors (Lipinski definition) is 1. The third kappa shape index (κ3) is 4.24. The second-order valence-electron chi connectivity index (χ2n) is 7.17. The van der Waals surface area contributed by atoms with Crippen molar-refractivity contribution >= 4 is 33.4 Å². The number of amides is 2. The minimum absolute atomic E-state index is 0.0825. The monoisotopic (exact) mass is 475 g/mol. The van der Waals surface area contributed by atoms with Crippen molar-refractivity contribution in [2.75, 3.05) is 6.54 Å². The van der Waals surface area contributed by atoms with E-state index in [1.165, 1.54) is 38.1 Å².